The van der Waals surface area contributed by atoms with E-state index < -0.39 is 6.09 Å². The quantitative estimate of drug-likeness (QED) is 0.603. The molecule has 0 radical (unpaired) electrons. The van der Waals surface area contributed by atoms with Crippen LogP contribution in [0.3, 0.4) is 0 Å². The second kappa shape index (κ2) is 7.91. The first-order chi connectivity index (χ1) is 9.21. The molecule has 0 fully saturated rings. The summed E-state index contributed by atoms with van der Waals surface area (Å²) in [5, 5.41) is 6.66. The van der Waals surface area contributed by atoms with Gasteiger partial charge in [0.2, 0.25) is 0 Å². The van der Waals surface area contributed by atoms with Crippen LogP contribution in [0.2, 0.25) is 0 Å². The number of rotatable bonds is 7. The van der Waals surface area contributed by atoms with Crippen molar-refractivity contribution in [2.45, 2.75) is 6.92 Å². The van der Waals surface area contributed by atoms with Gasteiger partial charge in [-0.2, -0.15) is 0 Å². The highest BCUT2D eigenvalue weighted by Gasteiger charge is 2.08. The molecular formula is C12H17N3O4. The van der Waals surface area contributed by atoms with Crippen LogP contribution in [0, 0.1) is 4.91 Å². The van der Waals surface area contributed by atoms with Crippen molar-refractivity contribution in [3.8, 4) is 5.75 Å². The van der Waals surface area contributed by atoms with Gasteiger partial charge in [-0.05, 0) is 19.1 Å². The third kappa shape index (κ3) is 4.82. The molecule has 1 aromatic rings. The van der Waals surface area contributed by atoms with Crippen LogP contribution in [0.15, 0.2) is 29.6 Å². The van der Waals surface area contributed by atoms with Crippen molar-refractivity contribution in [2.24, 2.45) is 5.29 Å². The third-order valence-corrected chi connectivity index (χ3v) is 2.32. The lowest BCUT2D eigenvalue weighted by Crippen LogP contribution is -2.32. The zero-order valence-corrected chi connectivity index (χ0v) is 11.0. The SMILES string of the molecule is CCOC(=O)NCCN(N=O)c1cccc(OC)c1. The Kier molecular flexibility index (Phi) is 6.14. The molecule has 0 spiro atoms. The maximum absolute atomic E-state index is 11.1. The summed E-state index contributed by atoms with van der Waals surface area (Å²) in [6, 6.07) is 6.94. The molecule has 0 aliphatic rings. The highest BCUT2D eigenvalue weighted by atomic mass is 16.5. The van der Waals surface area contributed by atoms with Gasteiger partial charge < -0.3 is 14.8 Å². The van der Waals surface area contributed by atoms with Gasteiger partial charge >= 0.3 is 6.09 Å². The summed E-state index contributed by atoms with van der Waals surface area (Å²) in [6.07, 6.45) is -0.515. The Bertz CT molecular complexity index is 425. The zero-order chi connectivity index (χ0) is 14.1. The summed E-state index contributed by atoms with van der Waals surface area (Å²) in [7, 11) is 1.54. The number of carbonyl (C=O) groups is 1. The Balaban J connectivity index is 2.53. The number of methoxy groups -OCH3 is 1. The van der Waals surface area contributed by atoms with E-state index in [1.165, 1.54) is 5.01 Å². The fraction of sp³-hybridized carbons (Fsp3) is 0.417. The Morgan fingerprint density at radius 1 is 1.47 bits per heavy atom. The average Bonchev–Trinajstić information content (AvgIpc) is 2.44. The van der Waals surface area contributed by atoms with Crippen molar-refractivity contribution in [3.05, 3.63) is 29.2 Å². The van der Waals surface area contributed by atoms with Crippen LogP contribution in [-0.2, 0) is 4.74 Å². The number of hydrogen-bond donors (Lipinski definition) is 1. The molecule has 0 atom stereocenters. The number of anilines is 1. The lowest BCUT2D eigenvalue weighted by atomic mass is 10.3. The smallest absolute Gasteiger partial charge is 0.407 e. The van der Waals surface area contributed by atoms with E-state index in [1.807, 2.05) is 0 Å². The highest BCUT2D eigenvalue weighted by molar-refractivity contribution is 5.67. The van der Waals surface area contributed by atoms with Gasteiger partial charge in [0.15, 0.2) is 0 Å². The predicted octanol–water partition coefficient (Wildman–Crippen LogP) is 1.93. The van der Waals surface area contributed by atoms with Gasteiger partial charge in [0.05, 0.1) is 31.2 Å². The maximum atomic E-state index is 11.1. The number of nitroso groups, excluding NO2 is 1. The average molecular weight is 267 g/mol. The van der Waals surface area contributed by atoms with Crippen LogP contribution >= 0.6 is 0 Å². The molecule has 0 bridgehead atoms. The summed E-state index contributed by atoms with van der Waals surface area (Å²) in [5.41, 5.74) is 0.597. The molecule has 0 aromatic heterocycles. The van der Waals surface area contributed by atoms with Crippen LogP contribution in [0.4, 0.5) is 10.5 Å². The first-order valence-electron chi connectivity index (χ1n) is 5.86. The number of hydrogen-bond acceptors (Lipinski definition) is 5. The molecule has 7 heteroatoms. The summed E-state index contributed by atoms with van der Waals surface area (Å²) in [6.45, 7) is 2.52. The van der Waals surface area contributed by atoms with Crippen LogP contribution in [0.5, 0.6) is 5.75 Å². The number of amides is 1. The number of alkyl carbamates (subject to hydrolysis) is 1. The maximum Gasteiger partial charge on any atom is 0.407 e. The second-order valence-corrected chi connectivity index (χ2v) is 3.55. The molecule has 0 aliphatic heterocycles. The van der Waals surface area contributed by atoms with Gasteiger partial charge in [-0.15, -0.1) is 4.91 Å². The van der Waals surface area contributed by atoms with Crippen LogP contribution in [-0.4, -0.2) is 32.9 Å². The second-order valence-electron chi connectivity index (χ2n) is 3.55. The zero-order valence-electron chi connectivity index (χ0n) is 11.0. The van der Waals surface area contributed by atoms with E-state index in [2.05, 4.69) is 10.6 Å². The van der Waals surface area contributed by atoms with Gasteiger partial charge in [0, 0.05) is 12.6 Å². The Labute approximate surface area is 111 Å². The van der Waals surface area contributed by atoms with Crippen LogP contribution in [0.1, 0.15) is 6.92 Å². The number of ether oxygens (including phenoxy) is 2. The molecule has 19 heavy (non-hydrogen) atoms. The van der Waals surface area contributed by atoms with Gasteiger partial charge in [-0.1, -0.05) is 6.07 Å². The fourth-order valence-corrected chi connectivity index (χ4v) is 1.43. The van der Waals surface area contributed by atoms with Crippen molar-refractivity contribution >= 4 is 11.8 Å². The Morgan fingerprint density at radius 2 is 2.26 bits per heavy atom. The Morgan fingerprint density at radius 3 is 2.89 bits per heavy atom. The fourth-order valence-electron chi connectivity index (χ4n) is 1.43. The molecule has 0 aliphatic carbocycles. The first-order valence-corrected chi connectivity index (χ1v) is 5.86. The van der Waals surface area contributed by atoms with Crippen LogP contribution in [0.25, 0.3) is 0 Å². The minimum Gasteiger partial charge on any atom is -0.497 e. The summed E-state index contributed by atoms with van der Waals surface area (Å²) in [5.74, 6) is 0.629. The number of nitrogens with one attached hydrogen (secondary N) is 1. The van der Waals surface area contributed by atoms with E-state index in [0.717, 1.165) is 0 Å². The van der Waals surface area contributed by atoms with E-state index in [1.54, 1.807) is 38.3 Å². The molecule has 0 unspecified atom stereocenters. The normalized spacial score (nSPS) is 9.58. The molecule has 1 rings (SSSR count). The van der Waals surface area contributed by atoms with E-state index in [-0.39, 0.29) is 13.1 Å². The van der Waals surface area contributed by atoms with Gasteiger partial charge in [-0.25, -0.2) is 9.80 Å². The topological polar surface area (TPSA) is 80.2 Å². The van der Waals surface area contributed by atoms with E-state index in [4.69, 9.17) is 9.47 Å². The number of carbonyl (C=O) groups excluding carboxylic acids is 1. The monoisotopic (exact) mass is 267 g/mol. The first kappa shape index (κ1) is 14.7. The molecule has 104 valence electrons. The molecule has 0 heterocycles. The van der Waals surface area contributed by atoms with Gasteiger partial charge in [0.25, 0.3) is 0 Å². The summed E-state index contributed by atoms with van der Waals surface area (Å²) in [4.78, 5) is 21.9. The number of benzene rings is 1. The molecule has 1 aromatic carbocycles. The largest absolute Gasteiger partial charge is 0.497 e. The molecule has 7 nitrogen and oxygen atoms in total. The molecule has 1 N–H and O–H groups in total. The van der Waals surface area contributed by atoms with Crippen molar-refractivity contribution in [2.75, 3.05) is 31.8 Å². The van der Waals surface area contributed by atoms with Crippen molar-refractivity contribution in [1.29, 1.82) is 0 Å². The van der Waals surface area contributed by atoms with E-state index in [9.17, 15) is 9.70 Å². The van der Waals surface area contributed by atoms with Crippen molar-refractivity contribution in [3.63, 3.8) is 0 Å². The minimum absolute atomic E-state index is 0.246. The predicted molar refractivity (Wildman–Crippen MR) is 71.2 cm³/mol. The minimum atomic E-state index is -0.515. The van der Waals surface area contributed by atoms with Crippen molar-refractivity contribution in [1.82, 2.24) is 5.32 Å². The van der Waals surface area contributed by atoms with Crippen molar-refractivity contribution < 1.29 is 14.3 Å². The van der Waals surface area contributed by atoms with Crippen LogP contribution < -0.4 is 15.1 Å². The van der Waals surface area contributed by atoms with Gasteiger partial charge in [0.1, 0.15) is 5.75 Å². The lowest BCUT2D eigenvalue weighted by Gasteiger charge is -2.16. The number of nitrogens with zero attached hydrogens (tertiary/aromatic N) is 2. The Hall–Kier alpha value is -2.31. The highest BCUT2D eigenvalue weighted by Crippen LogP contribution is 2.20. The molecule has 1 amide bonds. The molecule has 0 saturated heterocycles. The summed E-state index contributed by atoms with van der Waals surface area (Å²) >= 11 is 0. The standard InChI is InChI=1S/C12H17N3O4/c1-3-19-12(16)13-7-8-15(14-17)10-5-4-6-11(9-10)18-2/h4-6,9H,3,7-8H2,1-2H3,(H,13,16). The molecular weight excluding hydrogens is 250 g/mol. The van der Waals surface area contributed by atoms with Gasteiger partial charge in [-0.3, -0.25) is 0 Å². The molecule has 0 saturated carbocycles. The third-order valence-electron chi connectivity index (χ3n) is 2.32. The lowest BCUT2D eigenvalue weighted by molar-refractivity contribution is 0.152. The van der Waals surface area contributed by atoms with E-state index >= 15 is 0 Å². The van der Waals surface area contributed by atoms with E-state index in [0.29, 0.717) is 18.0 Å². The summed E-state index contributed by atoms with van der Waals surface area (Å²) < 4.78 is 9.77.